The molecule has 1 atom stereocenters. The molecule has 0 aliphatic heterocycles. The minimum atomic E-state index is -0.0471. The minimum absolute atomic E-state index is 0.0471. The number of hydrogen-bond donors (Lipinski definition) is 2. The van der Waals surface area contributed by atoms with Gasteiger partial charge >= 0.3 is 0 Å². The van der Waals surface area contributed by atoms with Crippen LogP contribution in [0, 0.1) is 12.8 Å². The number of aryl methyl sites for hydroxylation is 1. The number of nitrogens with two attached hydrogens (primary N) is 1. The van der Waals surface area contributed by atoms with Crippen molar-refractivity contribution in [2.24, 2.45) is 11.7 Å². The van der Waals surface area contributed by atoms with Crippen LogP contribution in [-0.4, -0.2) is 12.5 Å². The van der Waals surface area contributed by atoms with Crippen LogP contribution in [0.4, 0.5) is 5.69 Å². The molecule has 3 N–H and O–H groups in total. The zero-order valence-corrected chi connectivity index (χ0v) is 10.3. The first-order valence-electron chi connectivity index (χ1n) is 5.29. The molecule has 0 heterocycles. The Morgan fingerprint density at radius 3 is 2.81 bits per heavy atom. The summed E-state index contributed by atoms with van der Waals surface area (Å²) in [5.41, 5.74) is 7.12. The van der Waals surface area contributed by atoms with Crippen molar-refractivity contribution >= 4 is 23.2 Å². The van der Waals surface area contributed by atoms with Crippen molar-refractivity contribution in [1.82, 2.24) is 0 Å². The summed E-state index contributed by atoms with van der Waals surface area (Å²) >= 11 is 6.00. The molecule has 0 spiro atoms. The summed E-state index contributed by atoms with van der Waals surface area (Å²) in [6, 6.07) is 5.53. The van der Waals surface area contributed by atoms with Crippen molar-refractivity contribution in [3.05, 3.63) is 28.8 Å². The third-order valence-electron chi connectivity index (χ3n) is 2.42. The summed E-state index contributed by atoms with van der Waals surface area (Å²) in [6.45, 7) is 4.36. The van der Waals surface area contributed by atoms with E-state index in [0.717, 1.165) is 5.56 Å². The predicted molar refractivity (Wildman–Crippen MR) is 67.7 cm³/mol. The van der Waals surface area contributed by atoms with E-state index in [1.54, 1.807) is 6.07 Å². The van der Waals surface area contributed by atoms with Gasteiger partial charge in [0.05, 0.1) is 10.7 Å². The van der Waals surface area contributed by atoms with E-state index in [9.17, 15) is 4.79 Å². The molecule has 1 aromatic carbocycles. The number of para-hydroxylation sites is 1. The van der Waals surface area contributed by atoms with Crippen LogP contribution in [0.15, 0.2) is 18.2 Å². The maximum atomic E-state index is 11.7. The van der Waals surface area contributed by atoms with E-state index >= 15 is 0 Å². The van der Waals surface area contributed by atoms with E-state index in [1.807, 2.05) is 26.0 Å². The standard InChI is InChI=1S/C12H17ClN2O/c1-8(7-14)6-11(16)15-12-9(2)4-3-5-10(12)13/h3-5,8H,6-7,14H2,1-2H3,(H,15,16). The number of anilines is 1. The van der Waals surface area contributed by atoms with Gasteiger partial charge in [-0.05, 0) is 31.0 Å². The maximum absolute atomic E-state index is 11.7. The lowest BCUT2D eigenvalue weighted by atomic mass is 10.1. The van der Waals surface area contributed by atoms with E-state index < -0.39 is 0 Å². The Morgan fingerprint density at radius 2 is 2.25 bits per heavy atom. The molecule has 0 saturated heterocycles. The number of hydrogen-bond acceptors (Lipinski definition) is 2. The molecule has 0 aromatic heterocycles. The Kier molecular flexibility index (Phi) is 4.77. The fourth-order valence-electron chi connectivity index (χ4n) is 1.38. The van der Waals surface area contributed by atoms with Crippen molar-refractivity contribution in [2.45, 2.75) is 20.3 Å². The third-order valence-corrected chi connectivity index (χ3v) is 2.74. The van der Waals surface area contributed by atoms with Crippen molar-refractivity contribution in [3.8, 4) is 0 Å². The molecule has 0 aliphatic rings. The van der Waals surface area contributed by atoms with Gasteiger partial charge in [0.1, 0.15) is 0 Å². The zero-order valence-electron chi connectivity index (χ0n) is 9.59. The van der Waals surface area contributed by atoms with E-state index in [1.165, 1.54) is 0 Å². The third kappa shape index (κ3) is 3.51. The zero-order chi connectivity index (χ0) is 12.1. The summed E-state index contributed by atoms with van der Waals surface area (Å²) in [6.07, 6.45) is 0.418. The molecular formula is C12H17ClN2O. The monoisotopic (exact) mass is 240 g/mol. The van der Waals surface area contributed by atoms with Crippen LogP contribution in [0.3, 0.4) is 0 Å². The van der Waals surface area contributed by atoms with Gasteiger partial charge in [-0.2, -0.15) is 0 Å². The molecule has 1 aromatic rings. The van der Waals surface area contributed by atoms with Gasteiger partial charge in [0.2, 0.25) is 5.91 Å². The second kappa shape index (κ2) is 5.87. The summed E-state index contributed by atoms with van der Waals surface area (Å²) in [4.78, 5) is 11.7. The van der Waals surface area contributed by atoms with Crippen molar-refractivity contribution in [3.63, 3.8) is 0 Å². The van der Waals surface area contributed by atoms with E-state index in [0.29, 0.717) is 23.7 Å². The highest BCUT2D eigenvalue weighted by molar-refractivity contribution is 6.33. The Balaban J connectivity index is 2.70. The van der Waals surface area contributed by atoms with Crippen LogP contribution in [0.25, 0.3) is 0 Å². The SMILES string of the molecule is Cc1cccc(Cl)c1NC(=O)CC(C)CN. The van der Waals surface area contributed by atoms with Gasteiger partial charge in [0.25, 0.3) is 0 Å². The summed E-state index contributed by atoms with van der Waals surface area (Å²) < 4.78 is 0. The summed E-state index contributed by atoms with van der Waals surface area (Å²) in [5, 5.41) is 3.38. The Bertz CT molecular complexity index is 359. The number of carbonyl (C=O) groups excluding carboxylic acids is 1. The van der Waals surface area contributed by atoms with Crippen LogP contribution in [0.1, 0.15) is 18.9 Å². The normalized spacial score (nSPS) is 12.2. The van der Waals surface area contributed by atoms with Crippen LogP contribution in [0.5, 0.6) is 0 Å². The largest absolute Gasteiger partial charge is 0.330 e. The van der Waals surface area contributed by atoms with Crippen LogP contribution in [-0.2, 0) is 4.79 Å². The van der Waals surface area contributed by atoms with Gasteiger partial charge in [-0.1, -0.05) is 30.7 Å². The quantitative estimate of drug-likeness (QED) is 0.850. The number of halogens is 1. The highest BCUT2D eigenvalue weighted by Crippen LogP contribution is 2.25. The molecule has 1 unspecified atom stereocenters. The van der Waals surface area contributed by atoms with Gasteiger partial charge in [0.15, 0.2) is 0 Å². The van der Waals surface area contributed by atoms with E-state index in [-0.39, 0.29) is 11.8 Å². The fraction of sp³-hybridized carbons (Fsp3) is 0.417. The molecule has 0 saturated carbocycles. The van der Waals surface area contributed by atoms with Gasteiger partial charge in [-0.15, -0.1) is 0 Å². The lowest BCUT2D eigenvalue weighted by molar-refractivity contribution is -0.116. The second-order valence-corrected chi connectivity index (χ2v) is 4.43. The average Bonchev–Trinajstić information content (AvgIpc) is 2.23. The van der Waals surface area contributed by atoms with Gasteiger partial charge in [-0.3, -0.25) is 4.79 Å². The molecular weight excluding hydrogens is 224 g/mol. The smallest absolute Gasteiger partial charge is 0.224 e. The lowest BCUT2D eigenvalue weighted by Crippen LogP contribution is -2.20. The second-order valence-electron chi connectivity index (χ2n) is 4.02. The summed E-state index contributed by atoms with van der Waals surface area (Å²) in [7, 11) is 0. The minimum Gasteiger partial charge on any atom is -0.330 e. The predicted octanol–water partition coefficient (Wildman–Crippen LogP) is 2.57. The van der Waals surface area contributed by atoms with Crippen molar-refractivity contribution < 1.29 is 4.79 Å². The molecule has 0 bridgehead atoms. The highest BCUT2D eigenvalue weighted by Gasteiger charge is 2.10. The molecule has 16 heavy (non-hydrogen) atoms. The first-order valence-corrected chi connectivity index (χ1v) is 5.67. The van der Waals surface area contributed by atoms with Crippen molar-refractivity contribution in [2.75, 3.05) is 11.9 Å². The molecule has 3 nitrogen and oxygen atoms in total. The number of benzene rings is 1. The first-order chi connectivity index (χ1) is 7.54. The van der Waals surface area contributed by atoms with Crippen LogP contribution < -0.4 is 11.1 Å². The highest BCUT2D eigenvalue weighted by atomic mass is 35.5. The van der Waals surface area contributed by atoms with Crippen molar-refractivity contribution in [1.29, 1.82) is 0 Å². The van der Waals surface area contributed by atoms with Gasteiger partial charge in [0, 0.05) is 6.42 Å². The first kappa shape index (κ1) is 13.0. The summed E-state index contributed by atoms with van der Waals surface area (Å²) in [5.74, 6) is 0.136. The average molecular weight is 241 g/mol. The molecule has 0 fully saturated rings. The van der Waals surface area contributed by atoms with Gasteiger partial charge in [-0.25, -0.2) is 0 Å². The fourth-order valence-corrected chi connectivity index (χ4v) is 1.65. The number of nitrogens with one attached hydrogen (secondary N) is 1. The molecule has 0 radical (unpaired) electrons. The molecule has 88 valence electrons. The Morgan fingerprint density at radius 1 is 1.56 bits per heavy atom. The van der Waals surface area contributed by atoms with E-state index in [4.69, 9.17) is 17.3 Å². The molecule has 4 heteroatoms. The molecule has 1 rings (SSSR count). The van der Waals surface area contributed by atoms with Crippen LogP contribution in [0.2, 0.25) is 5.02 Å². The molecule has 1 amide bonds. The Labute approximate surface area is 101 Å². The molecule has 0 aliphatic carbocycles. The number of rotatable bonds is 4. The number of carbonyl (C=O) groups is 1. The lowest BCUT2D eigenvalue weighted by Gasteiger charge is -2.12. The van der Waals surface area contributed by atoms with Crippen LogP contribution >= 0.6 is 11.6 Å². The van der Waals surface area contributed by atoms with Gasteiger partial charge < -0.3 is 11.1 Å². The topological polar surface area (TPSA) is 55.1 Å². The number of amides is 1. The Hall–Kier alpha value is -1.06. The van der Waals surface area contributed by atoms with E-state index in [2.05, 4.69) is 5.32 Å². The maximum Gasteiger partial charge on any atom is 0.224 e.